The summed E-state index contributed by atoms with van der Waals surface area (Å²) < 4.78 is 0. The van der Waals surface area contributed by atoms with Crippen LogP contribution in [0.2, 0.25) is 0 Å². The van der Waals surface area contributed by atoms with Gasteiger partial charge in [-0.25, -0.2) is 0 Å². The molecule has 0 rings (SSSR count). The molecule has 0 heterocycles. The summed E-state index contributed by atoms with van der Waals surface area (Å²) >= 11 is 1.64. The lowest BCUT2D eigenvalue weighted by Gasteiger charge is -1.82. The molecule has 64 valence electrons. The molecule has 0 aromatic carbocycles. The molecule has 0 aromatic heterocycles. The fraction of sp³-hybridized carbons (Fsp3) is 1.00. The first-order valence-electron chi connectivity index (χ1n) is 4.46. The highest BCUT2D eigenvalue weighted by Crippen LogP contribution is 1.82. The predicted octanol–water partition coefficient (Wildman–Crippen LogP) is 3.04. The Balaban J connectivity index is 0. The summed E-state index contributed by atoms with van der Waals surface area (Å²) in [5.41, 5.74) is 0. The lowest BCUT2D eigenvalue weighted by Crippen LogP contribution is -1.90. The van der Waals surface area contributed by atoms with Gasteiger partial charge in [0.2, 0.25) is 0 Å². The van der Waals surface area contributed by atoms with Gasteiger partial charge in [-0.3, -0.25) is 0 Å². The standard InChI is InChI=1S/C6H14S.C3H8/c1-3-5-7-6-4-2;1-3-2/h3-6H2,1-2H3;3H2,1-2H3/p+1. The molecule has 0 atom stereocenters. The second-order valence-electron chi connectivity index (χ2n) is 2.38. The normalized spacial score (nSPS) is 8.40. The zero-order valence-electron chi connectivity index (χ0n) is 7.98. The second kappa shape index (κ2) is 16.2. The Morgan fingerprint density at radius 3 is 1.30 bits per heavy atom. The Morgan fingerprint density at radius 1 is 0.800 bits per heavy atom. The molecule has 0 saturated heterocycles. The fourth-order valence-electron chi connectivity index (χ4n) is 0.428. The monoisotopic (exact) mass is 163 g/mol. The summed E-state index contributed by atoms with van der Waals surface area (Å²) in [6.45, 7) is 8.73. The quantitative estimate of drug-likeness (QED) is 0.339. The van der Waals surface area contributed by atoms with Crippen LogP contribution in [0, 0.1) is 0 Å². The van der Waals surface area contributed by atoms with Crippen LogP contribution in [-0.2, 0) is 11.8 Å². The maximum atomic E-state index is 2.24. The number of rotatable bonds is 4. The fourth-order valence-corrected chi connectivity index (χ4v) is 1.28. The van der Waals surface area contributed by atoms with Crippen molar-refractivity contribution in [3.05, 3.63) is 0 Å². The minimum absolute atomic E-state index is 1.25. The molecule has 0 aromatic rings. The highest BCUT2D eigenvalue weighted by atomic mass is 32.2. The van der Waals surface area contributed by atoms with Crippen molar-refractivity contribution < 1.29 is 0 Å². The molecule has 0 amide bonds. The van der Waals surface area contributed by atoms with Crippen molar-refractivity contribution >= 4 is 11.8 Å². The van der Waals surface area contributed by atoms with Gasteiger partial charge in [0.05, 0.1) is 0 Å². The van der Waals surface area contributed by atoms with E-state index in [1.807, 2.05) is 0 Å². The van der Waals surface area contributed by atoms with Gasteiger partial charge in [-0.05, 0) is 24.6 Å². The largest absolute Gasteiger partial charge is 0.105 e. The summed E-state index contributed by atoms with van der Waals surface area (Å²) in [7, 11) is 0. The van der Waals surface area contributed by atoms with Crippen LogP contribution in [0.5, 0.6) is 0 Å². The Kier molecular flexibility index (Phi) is 21.0. The van der Waals surface area contributed by atoms with E-state index >= 15 is 0 Å². The Labute approximate surface area is 70.8 Å². The molecule has 0 N–H and O–H groups in total. The van der Waals surface area contributed by atoms with Gasteiger partial charge in [0, 0.05) is 0 Å². The van der Waals surface area contributed by atoms with Crippen molar-refractivity contribution in [1.82, 2.24) is 0 Å². The first kappa shape index (κ1) is 13.0. The number of hydrogen-bond acceptors (Lipinski definition) is 0. The molecule has 0 spiro atoms. The van der Waals surface area contributed by atoms with Crippen LogP contribution < -0.4 is 0 Å². The predicted molar refractivity (Wildman–Crippen MR) is 55.0 cm³/mol. The van der Waals surface area contributed by atoms with Crippen molar-refractivity contribution in [1.29, 1.82) is 0 Å². The van der Waals surface area contributed by atoms with E-state index in [9.17, 15) is 0 Å². The van der Waals surface area contributed by atoms with Gasteiger partial charge in [-0.1, -0.05) is 34.1 Å². The topological polar surface area (TPSA) is 0 Å². The molecule has 0 nitrogen and oxygen atoms in total. The summed E-state index contributed by atoms with van der Waals surface area (Å²) in [5, 5.41) is 0. The van der Waals surface area contributed by atoms with Crippen molar-refractivity contribution in [2.24, 2.45) is 0 Å². The molecule has 0 aliphatic heterocycles. The van der Waals surface area contributed by atoms with E-state index in [4.69, 9.17) is 0 Å². The van der Waals surface area contributed by atoms with Crippen LogP contribution in [0.25, 0.3) is 0 Å². The first-order valence-corrected chi connectivity index (χ1v) is 5.73. The minimum atomic E-state index is 1.25. The third-order valence-corrected chi connectivity index (χ3v) is 2.29. The van der Waals surface area contributed by atoms with Gasteiger partial charge in [0.15, 0.2) is 0 Å². The first-order chi connectivity index (χ1) is 4.83. The third-order valence-electron chi connectivity index (χ3n) is 0.763. The molecule has 0 aliphatic rings. The van der Waals surface area contributed by atoms with Crippen LogP contribution in [0.4, 0.5) is 0 Å². The molecule has 0 fully saturated rings. The van der Waals surface area contributed by atoms with Crippen molar-refractivity contribution in [2.45, 2.75) is 47.0 Å². The van der Waals surface area contributed by atoms with E-state index in [0.717, 1.165) is 0 Å². The van der Waals surface area contributed by atoms with Gasteiger partial charge in [0.1, 0.15) is 11.5 Å². The number of hydrogen-bond donors (Lipinski definition) is 0. The highest BCUT2D eigenvalue weighted by molar-refractivity contribution is 7.78. The second-order valence-corrected chi connectivity index (χ2v) is 3.72. The van der Waals surface area contributed by atoms with E-state index in [0.29, 0.717) is 0 Å². The third kappa shape index (κ3) is 23.8. The molecule has 1 heteroatoms. The Bertz CT molecular complexity index is 31.7. The van der Waals surface area contributed by atoms with E-state index in [1.165, 1.54) is 30.8 Å². The van der Waals surface area contributed by atoms with Gasteiger partial charge >= 0.3 is 0 Å². The highest BCUT2D eigenvalue weighted by Gasteiger charge is 1.88. The van der Waals surface area contributed by atoms with Crippen molar-refractivity contribution in [2.75, 3.05) is 11.5 Å². The van der Waals surface area contributed by atoms with Crippen LogP contribution in [0.15, 0.2) is 0 Å². The molecule has 0 aliphatic carbocycles. The molecule has 0 radical (unpaired) electrons. The molecular weight excluding hydrogens is 140 g/mol. The Hall–Kier alpha value is 0.350. The zero-order valence-corrected chi connectivity index (χ0v) is 8.88. The average molecular weight is 163 g/mol. The molecular formula is C9H23S+. The van der Waals surface area contributed by atoms with Crippen LogP contribution in [0.1, 0.15) is 47.0 Å². The van der Waals surface area contributed by atoms with Crippen LogP contribution >= 0.6 is 0 Å². The van der Waals surface area contributed by atoms with E-state index in [2.05, 4.69) is 27.7 Å². The van der Waals surface area contributed by atoms with E-state index < -0.39 is 0 Å². The van der Waals surface area contributed by atoms with E-state index in [1.54, 1.807) is 11.8 Å². The SMILES string of the molecule is CCC.CCC[SH+]CCC. The Morgan fingerprint density at radius 2 is 1.10 bits per heavy atom. The molecule has 0 unspecified atom stereocenters. The van der Waals surface area contributed by atoms with Crippen LogP contribution in [0.3, 0.4) is 0 Å². The van der Waals surface area contributed by atoms with Crippen molar-refractivity contribution in [3.63, 3.8) is 0 Å². The maximum Gasteiger partial charge on any atom is 0.105 e. The summed E-state index contributed by atoms with van der Waals surface area (Å²) in [5.74, 6) is 2.79. The summed E-state index contributed by atoms with van der Waals surface area (Å²) in [6, 6.07) is 0. The maximum absolute atomic E-state index is 2.24. The molecule has 0 saturated carbocycles. The van der Waals surface area contributed by atoms with E-state index in [-0.39, 0.29) is 0 Å². The molecule has 0 bridgehead atoms. The van der Waals surface area contributed by atoms with Gasteiger partial charge < -0.3 is 0 Å². The lowest BCUT2D eigenvalue weighted by atomic mass is 10.6. The van der Waals surface area contributed by atoms with Crippen LogP contribution in [-0.4, -0.2) is 11.5 Å². The molecule has 10 heavy (non-hydrogen) atoms. The lowest BCUT2D eigenvalue weighted by molar-refractivity contribution is 1.07. The summed E-state index contributed by atoms with van der Waals surface area (Å²) in [6.07, 6.45) is 3.95. The smallest absolute Gasteiger partial charge is 0.0656 e. The minimum Gasteiger partial charge on any atom is -0.0656 e. The zero-order chi connectivity index (χ0) is 8.24. The van der Waals surface area contributed by atoms with Gasteiger partial charge in [0.25, 0.3) is 0 Å². The van der Waals surface area contributed by atoms with Crippen molar-refractivity contribution in [3.8, 4) is 0 Å². The van der Waals surface area contributed by atoms with Gasteiger partial charge in [-0.15, -0.1) is 0 Å². The number of thiol groups is 1. The van der Waals surface area contributed by atoms with Gasteiger partial charge in [-0.2, -0.15) is 0 Å². The summed E-state index contributed by atoms with van der Waals surface area (Å²) in [4.78, 5) is 0. The average Bonchev–Trinajstić information content (AvgIpc) is 1.91.